The van der Waals surface area contributed by atoms with E-state index in [1.54, 1.807) is 6.07 Å². The van der Waals surface area contributed by atoms with Gasteiger partial charge in [-0.05, 0) is 42.0 Å². The van der Waals surface area contributed by atoms with Gasteiger partial charge in [0.25, 0.3) is 5.56 Å². The molecule has 25 heavy (non-hydrogen) atoms. The van der Waals surface area contributed by atoms with Crippen LogP contribution in [-0.2, 0) is 23.0 Å². The van der Waals surface area contributed by atoms with Crippen LogP contribution in [0.1, 0.15) is 16.7 Å². The standard InChI is InChI=1S/C19H20N2O3S/c1-14-7-8-16-12-17(19(22)21-18(16)11-14)13-20-25(23,24)10-9-15-5-3-2-4-6-15/h2-8,11-12,20H,9-10,13H2,1H3,(H,21,22). The number of nitrogens with one attached hydrogen (secondary N) is 2. The van der Waals surface area contributed by atoms with Crippen LogP contribution >= 0.6 is 0 Å². The fraction of sp³-hybridized carbons (Fsp3) is 0.211. The minimum absolute atomic E-state index is 0.0122. The molecule has 2 N–H and O–H groups in total. The molecule has 0 amide bonds. The molecule has 2 aromatic carbocycles. The lowest BCUT2D eigenvalue weighted by Gasteiger charge is -2.08. The number of fused-ring (bicyclic) bond motifs is 1. The largest absolute Gasteiger partial charge is 0.322 e. The molecular formula is C19H20N2O3S. The Labute approximate surface area is 146 Å². The highest BCUT2D eigenvalue weighted by Gasteiger charge is 2.12. The van der Waals surface area contributed by atoms with Crippen LogP contribution < -0.4 is 10.3 Å². The molecule has 0 unspecified atom stereocenters. The number of aromatic nitrogens is 1. The van der Waals surface area contributed by atoms with Crippen molar-refractivity contribution in [1.82, 2.24) is 9.71 Å². The van der Waals surface area contributed by atoms with Crippen LogP contribution in [0.2, 0.25) is 0 Å². The van der Waals surface area contributed by atoms with Crippen LogP contribution in [0.15, 0.2) is 59.4 Å². The average molecular weight is 356 g/mol. The Morgan fingerprint density at radius 1 is 1.04 bits per heavy atom. The molecule has 130 valence electrons. The van der Waals surface area contributed by atoms with Crippen molar-refractivity contribution in [3.63, 3.8) is 0 Å². The maximum atomic E-state index is 12.2. The van der Waals surface area contributed by atoms with Gasteiger partial charge in [0, 0.05) is 17.6 Å². The molecule has 0 atom stereocenters. The number of rotatable bonds is 6. The van der Waals surface area contributed by atoms with Crippen molar-refractivity contribution in [3.05, 3.63) is 81.6 Å². The molecule has 0 radical (unpaired) electrons. The Morgan fingerprint density at radius 2 is 1.80 bits per heavy atom. The lowest BCUT2D eigenvalue weighted by Crippen LogP contribution is -2.29. The van der Waals surface area contributed by atoms with Gasteiger partial charge >= 0.3 is 0 Å². The zero-order valence-electron chi connectivity index (χ0n) is 14.0. The third kappa shape index (κ3) is 4.55. The number of hydrogen-bond acceptors (Lipinski definition) is 3. The Balaban J connectivity index is 1.70. The smallest absolute Gasteiger partial charge is 0.252 e. The van der Waals surface area contributed by atoms with Crippen molar-refractivity contribution in [2.75, 3.05) is 5.75 Å². The first-order valence-electron chi connectivity index (χ1n) is 8.07. The molecule has 0 aliphatic carbocycles. The highest BCUT2D eigenvalue weighted by atomic mass is 32.2. The van der Waals surface area contributed by atoms with Crippen molar-refractivity contribution < 1.29 is 8.42 Å². The maximum Gasteiger partial charge on any atom is 0.252 e. The zero-order valence-corrected chi connectivity index (χ0v) is 14.8. The average Bonchev–Trinajstić information content (AvgIpc) is 2.59. The number of sulfonamides is 1. The first kappa shape index (κ1) is 17.4. The molecule has 0 aliphatic heterocycles. The van der Waals surface area contributed by atoms with Crippen LogP contribution in [-0.4, -0.2) is 19.2 Å². The summed E-state index contributed by atoms with van der Waals surface area (Å²) in [4.78, 5) is 15.0. The van der Waals surface area contributed by atoms with Crippen molar-refractivity contribution in [1.29, 1.82) is 0 Å². The van der Waals surface area contributed by atoms with E-state index < -0.39 is 10.0 Å². The van der Waals surface area contributed by atoms with Gasteiger partial charge in [0.15, 0.2) is 0 Å². The number of pyridine rings is 1. The molecule has 0 saturated heterocycles. The molecule has 0 fully saturated rings. The number of benzene rings is 2. The van der Waals surface area contributed by atoms with Crippen LogP contribution in [0.25, 0.3) is 10.9 Å². The minimum Gasteiger partial charge on any atom is -0.322 e. The van der Waals surface area contributed by atoms with Crippen LogP contribution in [0.3, 0.4) is 0 Å². The van der Waals surface area contributed by atoms with Gasteiger partial charge < -0.3 is 4.98 Å². The van der Waals surface area contributed by atoms with Gasteiger partial charge in [-0.2, -0.15) is 0 Å². The van der Waals surface area contributed by atoms with Gasteiger partial charge in [-0.1, -0.05) is 42.5 Å². The Kier molecular flexibility index (Phi) is 5.01. The van der Waals surface area contributed by atoms with E-state index in [0.29, 0.717) is 12.0 Å². The minimum atomic E-state index is -3.46. The van der Waals surface area contributed by atoms with Gasteiger partial charge in [0.05, 0.1) is 5.75 Å². The summed E-state index contributed by atoms with van der Waals surface area (Å²) in [5.74, 6) is -0.0122. The summed E-state index contributed by atoms with van der Waals surface area (Å²) in [6.07, 6.45) is 0.434. The molecule has 0 aliphatic rings. The Hall–Kier alpha value is -2.44. The van der Waals surface area contributed by atoms with E-state index in [1.165, 1.54) is 0 Å². The normalized spacial score (nSPS) is 11.7. The number of aromatic amines is 1. The van der Waals surface area contributed by atoms with E-state index in [2.05, 4.69) is 9.71 Å². The van der Waals surface area contributed by atoms with E-state index in [1.807, 2.05) is 55.5 Å². The van der Waals surface area contributed by atoms with Crippen LogP contribution in [0, 0.1) is 6.92 Å². The lowest BCUT2D eigenvalue weighted by atomic mass is 10.1. The van der Waals surface area contributed by atoms with Gasteiger partial charge in [-0.3, -0.25) is 4.79 Å². The summed E-state index contributed by atoms with van der Waals surface area (Å²) in [7, 11) is -3.46. The van der Waals surface area contributed by atoms with Crippen molar-refractivity contribution in [2.45, 2.75) is 19.9 Å². The molecule has 0 spiro atoms. The second kappa shape index (κ2) is 7.21. The van der Waals surface area contributed by atoms with Crippen molar-refractivity contribution in [3.8, 4) is 0 Å². The summed E-state index contributed by atoms with van der Waals surface area (Å²) < 4.78 is 26.9. The fourth-order valence-corrected chi connectivity index (χ4v) is 3.67. The van der Waals surface area contributed by atoms with Gasteiger partial charge in [-0.15, -0.1) is 0 Å². The fourth-order valence-electron chi connectivity index (χ4n) is 2.65. The van der Waals surface area contributed by atoms with Crippen LogP contribution in [0.5, 0.6) is 0 Å². The van der Waals surface area contributed by atoms with Gasteiger partial charge in [-0.25, -0.2) is 13.1 Å². The van der Waals surface area contributed by atoms with Gasteiger partial charge in [0.2, 0.25) is 10.0 Å². The van der Waals surface area contributed by atoms with E-state index in [0.717, 1.165) is 22.0 Å². The summed E-state index contributed by atoms with van der Waals surface area (Å²) in [5.41, 5.74) is 2.90. The third-order valence-corrected chi connectivity index (χ3v) is 5.39. The maximum absolute atomic E-state index is 12.2. The number of H-pyrrole nitrogens is 1. The lowest BCUT2D eigenvalue weighted by molar-refractivity contribution is 0.580. The first-order chi connectivity index (χ1) is 11.9. The zero-order chi connectivity index (χ0) is 17.9. The summed E-state index contributed by atoms with van der Waals surface area (Å²) in [6, 6.07) is 16.9. The Morgan fingerprint density at radius 3 is 2.56 bits per heavy atom. The van der Waals surface area contributed by atoms with Crippen molar-refractivity contribution in [2.24, 2.45) is 0 Å². The van der Waals surface area contributed by atoms with E-state index in [9.17, 15) is 13.2 Å². The predicted octanol–water partition coefficient (Wildman–Crippen LogP) is 2.50. The summed E-state index contributed by atoms with van der Waals surface area (Å²) in [6.45, 7) is 1.93. The Bertz CT molecular complexity index is 1040. The molecule has 6 heteroatoms. The number of aryl methyl sites for hydroxylation is 2. The molecule has 3 aromatic rings. The first-order valence-corrected chi connectivity index (χ1v) is 9.72. The van der Waals surface area contributed by atoms with Crippen LogP contribution in [0.4, 0.5) is 0 Å². The number of hydrogen-bond donors (Lipinski definition) is 2. The summed E-state index contributed by atoms with van der Waals surface area (Å²) >= 11 is 0. The van der Waals surface area contributed by atoms with Crippen molar-refractivity contribution >= 4 is 20.9 Å². The highest BCUT2D eigenvalue weighted by Crippen LogP contribution is 2.13. The molecule has 0 bridgehead atoms. The predicted molar refractivity (Wildman–Crippen MR) is 100 cm³/mol. The topological polar surface area (TPSA) is 79.0 Å². The molecule has 1 heterocycles. The SMILES string of the molecule is Cc1ccc2cc(CNS(=O)(=O)CCc3ccccc3)c(=O)[nH]c2c1. The second-order valence-electron chi connectivity index (χ2n) is 6.09. The highest BCUT2D eigenvalue weighted by molar-refractivity contribution is 7.89. The quantitative estimate of drug-likeness (QED) is 0.712. The van der Waals surface area contributed by atoms with E-state index in [4.69, 9.17) is 0 Å². The molecule has 0 saturated carbocycles. The summed E-state index contributed by atoms with van der Waals surface area (Å²) in [5, 5.41) is 0.878. The van der Waals surface area contributed by atoms with E-state index >= 15 is 0 Å². The molecule has 1 aromatic heterocycles. The molecular weight excluding hydrogens is 336 g/mol. The van der Waals surface area contributed by atoms with Gasteiger partial charge in [0.1, 0.15) is 0 Å². The molecule has 3 rings (SSSR count). The second-order valence-corrected chi connectivity index (χ2v) is 8.02. The third-order valence-electron chi connectivity index (χ3n) is 4.06. The monoisotopic (exact) mass is 356 g/mol. The van der Waals surface area contributed by atoms with E-state index in [-0.39, 0.29) is 17.9 Å². The molecule has 5 nitrogen and oxygen atoms in total.